The Morgan fingerprint density at radius 1 is 1.25 bits per heavy atom. The number of halogens is 2. The lowest BCUT2D eigenvalue weighted by Crippen LogP contribution is -2.07. The molecule has 0 fully saturated rings. The molecule has 24 heavy (non-hydrogen) atoms. The van der Waals surface area contributed by atoms with Gasteiger partial charge in [0, 0.05) is 16.1 Å². The van der Waals surface area contributed by atoms with Crippen LogP contribution in [0.15, 0.2) is 54.1 Å². The van der Waals surface area contributed by atoms with Gasteiger partial charge in [0.2, 0.25) is 0 Å². The molecule has 0 radical (unpaired) electrons. The van der Waals surface area contributed by atoms with Crippen LogP contribution in [0, 0.1) is 11.3 Å². The molecule has 2 aromatic carbocycles. The normalized spacial score (nSPS) is 13.0. The molecule has 0 unspecified atom stereocenters. The third-order valence-electron chi connectivity index (χ3n) is 3.49. The largest absolute Gasteiger partial charge is 0.487 e. The summed E-state index contributed by atoms with van der Waals surface area (Å²) < 4.78 is 5.63. The van der Waals surface area contributed by atoms with Crippen LogP contribution in [0.25, 0.3) is 6.08 Å². The Labute approximate surface area is 149 Å². The number of allylic oxidation sites excluding steroid dienone is 1. The predicted molar refractivity (Wildman–Crippen MR) is 94.6 cm³/mol. The van der Waals surface area contributed by atoms with Gasteiger partial charge in [-0.15, -0.1) is 0 Å². The number of hydrogen-bond donors (Lipinski definition) is 0. The Bertz CT molecular complexity index is 923. The molecule has 0 saturated carbocycles. The maximum atomic E-state index is 12.2. The van der Waals surface area contributed by atoms with E-state index in [1.807, 2.05) is 12.1 Å². The molecule has 0 saturated heterocycles. The lowest BCUT2D eigenvalue weighted by molar-refractivity contribution is 0.104. The third-order valence-corrected chi connectivity index (χ3v) is 3.99. The number of carbonyl (C=O) groups excluding carboxylic acids is 1. The highest BCUT2D eigenvalue weighted by Crippen LogP contribution is 2.36. The van der Waals surface area contributed by atoms with E-state index in [2.05, 4.69) is 0 Å². The van der Waals surface area contributed by atoms with Crippen molar-refractivity contribution >= 4 is 35.1 Å². The molecule has 0 amide bonds. The number of hydrogen-bond acceptors (Lipinski definition) is 3. The van der Waals surface area contributed by atoms with E-state index in [9.17, 15) is 4.79 Å². The van der Waals surface area contributed by atoms with E-state index in [0.717, 1.165) is 11.1 Å². The Morgan fingerprint density at radius 3 is 2.88 bits per heavy atom. The molecule has 0 spiro atoms. The van der Waals surface area contributed by atoms with E-state index in [0.29, 0.717) is 33.5 Å². The van der Waals surface area contributed by atoms with Crippen molar-refractivity contribution < 1.29 is 9.53 Å². The average Bonchev–Trinajstić information content (AvgIpc) is 2.59. The van der Waals surface area contributed by atoms with Crippen LogP contribution in [0.5, 0.6) is 5.75 Å². The second-order valence-corrected chi connectivity index (χ2v) is 6.05. The van der Waals surface area contributed by atoms with Crippen molar-refractivity contribution in [3.8, 4) is 11.8 Å². The van der Waals surface area contributed by atoms with Crippen LogP contribution < -0.4 is 4.74 Å². The Kier molecular flexibility index (Phi) is 4.71. The molecule has 3 nitrogen and oxygen atoms in total. The van der Waals surface area contributed by atoms with E-state index < -0.39 is 0 Å². The van der Waals surface area contributed by atoms with Crippen LogP contribution in [-0.2, 0) is 0 Å². The summed E-state index contributed by atoms with van der Waals surface area (Å²) in [5.74, 6) is 0.411. The van der Waals surface area contributed by atoms with Crippen LogP contribution in [0.2, 0.25) is 10.0 Å². The molecular formula is C19H11Cl2NO2. The molecule has 3 rings (SSSR count). The van der Waals surface area contributed by atoms with Gasteiger partial charge >= 0.3 is 0 Å². The van der Waals surface area contributed by atoms with Gasteiger partial charge < -0.3 is 4.74 Å². The minimum absolute atomic E-state index is 0.178. The van der Waals surface area contributed by atoms with E-state index >= 15 is 0 Å². The molecule has 118 valence electrons. The standard InChI is InChI=1S/C19H11Cl2NO2/c20-16-8-15-7-13(11-24-19(15)17(21)9-16)4-5-18(23)14-3-1-2-12(6-14)10-22/h1-9H,11H2. The van der Waals surface area contributed by atoms with Crippen molar-refractivity contribution in [2.24, 2.45) is 0 Å². The third kappa shape index (κ3) is 3.51. The molecule has 2 aromatic rings. The molecule has 0 bridgehead atoms. The Morgan fingerprint density at radius 2 is 2.08 bits per heavy atom. The van der Waals surface area contributed by atoms with Gasteiger partial charge in [-0.05, 0) is 42.0 Å². The first kappa shape index (κ1) is 16.3. The van der Waals surface area contributed by atoms with Crippen LogP contribution in [-0.4, -0.2) is 12.4 Å². The van der Waals surface area contributed by atoms with Gasteiger partial charge in [-0.25, -0.2) is 0 Å². The van der Waals surface area contributed by atoms with E-state index in [1.165, 1.54) is 6.08 Å². The van der Waals surface area contributed by atoms with Crippen LogP contribution in [0.3, 0.4) is 0 Å². The first-order valence-electron chi connectivity index (χ1n) is 7.12. The molecule has 0 aliphatic carbocycles. The zero-order valence-electron chi connectivity index (χ0n) is 12.4. The summed E-state index contributed by atoms with van der Waals surface area (Å²) in [6, 6.07) is 12.0. The molecule has 0 aromatic heterocycles. The van der Waals surface area contributed by atoms with Crippen molar-refractivity contribution in [1.29, 1.82) is 5.26 Å². The first-order valence-corrected chi connectivity index (χ1v) is 7.87. The lowest BCUT2D eigenvalue weighted by Gasteiger charge is -2.17. The molecule has 1 heterocycles. The van der Waals surface area contributed by atoms with E-state index in [1.54, 1.807) is 42.5 Å². The first-order chi connectivity index (χ1) is 11.6. The SMILES string of the molecule is N#Cc1cccc(C(=O)C=CC2=Cc3cc(Cl)cc(Cl)c3OC2)c1. The van der Waals surface area contributed by atoms with Crippen molar-refractivity contribution in [3.05, 3.63) is 80.9 Å². The van der Waals surface area contributed by atoms with Gasteiger partial charge in [0.25, 0.3) is 0 Å². The second kappa shape index (κ2) is 6.92. The predicted octanol–water partition coefficient (Wildman–Crippen LogP) is 5.08. The number of ether oxygens (including phenoxy) is 1. The van der Waals surface area contributed by atoms with Crippen molar-refractivity contribution in [2.45, 2.75) is 0 Å². The number of fused-ring (bicyclic) bond motifs is 1. The summed E-state index contributed by atoms with van der Waals surface area (Å²) in [4.78, 5) is 12.2. The average molecular weight is 356 g/mol. The number of rotatable bonds is 3. The van der Waals surface area contributed by atoms with E-state index in [4.69, 9.17) is 33.2 Å². The quantitative estimate of drug-likeness (QED) is 0.569. The van der Waals surface area contributed by atoms with Gasteiger partial charge in [0.1, 0.15) is 12.4 Å². The fourth-order valence-electron chi connectivity index (χ4n) is 2.35. The van der Waals surface area contributed by atoms with Crippen molar-refractivity contribution in [1.82, 2.24) is 0 Å². The maximum Gasteiger partial charge on any atom is 0.185 e. The summed E-state index contributed by atoms with van der Waals surface area (Å²) in [7, 11) is 0. The zero-order chi connectivity index (χ0) is 17.1. The second-order valence-electron chi connectivity index (χ2n) is 5.20. The smallest absolute Gasteiger partial charge is 0.185 e. The molecule has 0 N–H and O–H groups in total. The van der Waals surface area contributed by atoms with Crippen LogP contribution >= 0.6 is 23.2 Å². The minimum atomic E-state index is -0.178. The van der Waals surface area contributed by atoms with Crippen LogP contribution in [0.1, 0.15) is 21.5 Å². The molecule has 5 heteroatoms. The Balaban J connectivity index is 1.83. The maximum absolute atomic E-state index is 12.2. The fourth-order valence-corrected chi connectivity index (χ4v) is 2.92. The topological polar surface area (TPSA) is 50.1 Å². The van der Waals surface area contributed by atoms with E-state index in [-0.39, 0.29) is 5.78 Å². The van der Waals surface area contributed by atoms with Crippen LogP contribution in [0.4, 0.5) is 0 Å². The summed E-state index contributed by atoms with van der Waals surface area (Å²) in [5, 5.41) is 9.87. The summed E-state index contributed by atoms with van der Waals surface area (Å²) in [6.45, 7) is 0.316. The van der Waals surface area contributed by atoms with Gasteiger partial charge in [0.15, 0.2) is 5.78 Å². The molecular weight excluding hydrogens is 345 g/mol. The molecule has 1 aliphatic heterocycles. The Hall–Kier alpha value is -2.54. The number of carbonyl (C=O) groups is 1. The number of nitrogens with zero attached hydrogens (tertiary/aromatic N) is 1. The number of benzene rings is 2. The minimum Gasteiger partial charge on any atom is -0.487 e. The fraction of sp³-hybridized carbons (Fsp3) is 0.0526. The highest BCUT2D eigenvalue weighted by molar-refractivity contribution is 6.36. The number of ketones is 1. The van der Waals surface area contributed by atoms with Gasteiger partial charge in [0.05, 0.1) is 16.7 Å². The van der Waals surface area contributed by atoms with Gasteiger partial charge in [-0.1, -0.05) is 41.4 Å². The monoisotopic (exact) mass is 355 g/mol. The highest BCUT2D eigenvalue weighted by Gasteiger charge is 2.14. The summed E-state index contributed by atoms with van der Waals surface area (Å²) in [6.07, 6.45) is 5.04. The van der Waals surface area contributed by atoms with Crippen molar-refractivity contribution in [3.63, 3.8) is 0 Å². The molecule has 0 atom stereocenters. The van der Waals surface area contributed by atoms with Gasteiger partial charge in [-0.2, -0.15) is 5.26 Å². The molecule has 1 aliphatic rings. The van der Waals surface area contributed by atoms with Crippen molar-refractivity contribution in [2.75, 3.05) is 6.61 Å². The number of nitriles is 1. The summed E-state index contributed by atoms with van der Waals surface area (Å²) >= 11 is 12.1. The van der Waals surface area contributed by atoms with Gasteiger partial charge in [-0.3, -0.25) is 4.79 Å². The lowest BCUT2D eigenvalue weighted by atomic mass is 10.0. The zero-order valence-corrected chi connectivity index (χ0v) is 13.9. The highest BCUT2D eigenvalue weighted by atomic mass is 35.5. The summed E-state index contributed by atoms with van der Waals surface area (Å²) in [5.41, 5.74) is 2.52.